The molecular weight excluding hydrogens is 369 g/mol. The van der Waals surface area contributed by atoms with E-state index in [-0.39, 0.29) is 10.6 Å². The first-order chi connectivity index (χ1) is 13.1. The van der Waals surface area contributed by atoms with Crippen molar-refractivity contribution in [2.75, 3.05) is 51.3 Å². The summed E-state index contributed by atoms with van der Waals surface area (Å²) in [5.74, 6) is -0.212. The Morgan fingerprint density at radius 3 is 2.59 bits per heavy atom. The molecule has 2 aromatic rings. The van der Waals surface area contributed by atoms with E-state index in [4.69, 9.17) is 16.3 Å². The maximum Gasteiger partial charge on any atom is 0.255 e. The number of amides is 1. The molecule has 1 saturated heterocycles. The van der Waals surface area contributed by atoms with Gasteiger partial charge in [0.25, 0.3) is 5.91 Å². The molecule has 3 rings (SSSR count). The van der Waals surface area contributed by atoms with E-state index in [2.05, 4.69) is 21.2 Å². The second kappa shape index (κ2) is 9.06. The van der Waals surface area contributed by atoms with Gasteiger partial charge in [-0.05, 0) is 24.3 Å². The molecule has 0 radical (unpaired) electrons. The summed E-state index contributed by atoms with van der Waals surface area (Å²) in [5.41, 5.74) is 1.00. The van der Waals surface area contributed by atoms with E-state index in [0.29, 0.717) is 13.1 Å². The van der Waals surface area contributed by atoms with Crippen molar-refractivity contribution in [1.29, 1.82) is 0 Å². The smallest absolute Gasteiger partial charge is 0.255 e. The molecular formula is C20H23ClFN3O2. The maximum atomic E-state index is 13.8. The third kappa shape index (κ3) is 4.70. The van der Waals surface area contributed by atoms with Crippen molar-refractivity contribution >= 4 is 23.2 Å². The van der Waals surface area contributed by atoms with Crippen LogP contribution in [0.4, 0.5) is 10.1 Å². The first-order valence-electron chi connectivity index (χ1n) is 8.92. The maximum absolute atomic E-state index is 13.8. The number of carbonyl (C=O) groups is 1. The van der Waals surface area contributed by atoms with Crippen LogP contribution in [0.15, 0.2) is 42.5 Å². The average Bonchev–Trinajstić information content (AvgIpc) is 2.68. The molecule has 144 valence electrons. The molecule has 1 aliphatic heterocycles. The number of hydrogen-bond donors (Lipinski definition) is 1. The van der Waals surface area contributed by atoms with Gasteiger partial charge in [0.05, 0.1) is 23.4 Å². The highest BCUT2D eigenvalue weighted by molar-refractivity contribution is 6.33. The number of halogens is 2. The summed E-state index contributed by atoms with van der Waals surface area (Å²) in [6.07, 6.45) is 0. The summed E-state index contributed by atoms with van der Waals surface area (Å²) in [6.45, 7) is 4.68. The van der Waals surface area contributed by atoms with Gasteiger partial charge < -0.3 is 15.0 Å². The Bertz CT molecular complexity index is 774. The van der Waals surface area contributed by atoms with Gasteiger partial charge in [0.2, 0.25) is 0 Å². The number of ether oxygens (including phenoxy) is 1. The highest BCUT2D eigenvalue weighted by Gasteiger charge is 2.20. The number of para-hydroxylation sites is 2. The van der Waals surface area contributed by atoms with Gasteiger partial charge in [0.15, 0.2) is 0 Å². The lowest BCUT2D eigenvalue weighted by Gasteiger charge is -2.36. The van der Waals surface area contributed by atoms with Gasteiger partial charge in [0.1, 0.15) is 11.6 Å². The summed E-state index contributed by atoms with van der Waals surface area (Å²) in [4.78, 5) is 16.7. The summed E-state index contributed by atoms with van der Waals surface area (Å²) >= 11 is 5.92. The van der Waals surface area contributed by atoms with Gasteiger partial charge in [-0.2, -0.15) is 0 Å². The van der Waals surface area contributed by atoms with Crippen molar-refractivity contribution in [3.63, 3.8) is 0 Å². The van der Waals surface area contributed by atoms with Crippen LogP contribution in [-0.4, -0.2) is 57.2 Å². The molecule has 1 heterocycles. The molecule has 0 aromatic heterocycles. The molecule has 7 heteroatoms. The summed E-state index contributed by atoms with van der Waals surface area (Å²) in [5, 5.41) is 2.87. The molecule has 2 aromatic carbocycles. The van der Waals surface area contributed by atoms with E-state index < -0.39 is 11.7 Å². The Kier molecular flexibility index (Phi) is 6.53. The summed E-state index contributed by atoms with van der Waals surface area (Å²) in [6, 6.07) is 12.2. The predicted octanol–water partition coefficient (Wildman–Crippen LogP) is 3.04. The fraction of sp³-hybridized carbons (Fsp3) is 0.350. The fourth-order valence-corrected chi connectivity index (χ4v) is 3.48. The molecule has 27 heavy (non-hydrogen) atoms. The van der Waals surface area contributed by atoms with E-state index >= 15 is 0 Å². The van der Waals surface area contributed by atoms with Gasteiger partial charge in [-0.3, -0.25) is 9.69 Å². The van der Waals surface area contributed by atoms with E-state index in [9.17, 15) is 9.18 Å². The van der Waals surface area contributed by atoms with Crippen LogP contribution in [0.5, 0.6) is 5.75 Å². The molecule has 1 amide bonds. The standard InChI is InChI=1S/C20H23ClFN3O2/c1-27-18-8-3-2-7-17(18)25-13-11-24(12-14-25)10-9-23-20(26)19-15(21)5-4-6-16(19)22/h2-8H,9-14H2,1H3,(H,23,26). The topological polar surface area (TPSA) is 44.8 Å². The molecule has 0 aliphatic carbocycles. The molecule has 5 nitrogen and oxygen atoms in total. The lowest BCUT2D eigenvalue weighted by Crippen LogP contribution is -2.48. The molecule has 0 bridgehead atoms. The Morgan fingerprint density at radius 1 is 1.15 bits per heavy atom. The van der Waals surface area contributed by atoms with Crippen molar-refractivity contribution in [3.05, 3.63) is 58.9 Å². The lowest BCUT2D eigenvalue weighted by atomic mass is 10.2. The number of hydrogen-bond acceptors (Lipinski definition) is 4. The van der Waals surface area contributed by atoms with Crippen LogP contribution in [0.3, 0.4) is 0 Å². The van der Waals surface area contributed by atoms with Crippen molar-refractivity contribution in [3.8, 4) is 5.75 Å². The number of benzene rings is 2. The van der Waals surface area contributed by atoms with E-state index in [1.165, 1.54) is 18.2 Å². The monoisotopic (exact) mass is 391 g/mol. The first kappa shape index (κ1) is 19.5. The fourth-order valence-electron chi connectivity index (χ4n) is 3.23. The molecule has 0 spiro atoms. The average molecular weight is 392 g/mol. The van der Waals surface area contributed by atoms with Gasteiger partial charge in [-0.15, -0.1) is 0 Å². The zero-order valence-corrected chi connectivity index (χ0v) is 16.0. The number of rotatable bonds is 6. The SMILES string of the molecule is COc1ccccc1N1CCN(CCNC(=O)c2c(F)cccc2Cl)CC1. The van der Waals surface area contributed by atoms with E-state index in [0.717, 1.165) is 37.6 Å². The van der Waals surface area contributed by atoms with Crippen LogP contribution >= 0.6 is 11.6 Å². The van der Waals surface area contributed by atoms with Gasteiger partial charge >= 0.3 is 0 Å². The third-order valence-electron chi connectivity index (χ3n) is 4.70. The van der Waals surface area contributed by atoms with Gasteiger partial charge in [-0.25, -0.2) is 4.39 Å². The molecule has 0 atom stereocenters. The first-order valence-corrected chi connectivity index (χ1v) is 9.30. The van der Waals surface area contributed by atoms with E-state index in [1.807, 2.05) is 18.2 Å². The third-order valence-corrected chi connectivity index (χ3v) is 5.02. The predicted molar refractivity (Wildman–Crippen MR) is 105 cm³/mol. The quantitative estimate of drug-likeness (QED) is 0.822. The zero-order chi connectivity index (χ0) is 19.2. The number of carbonyl (C=O) groups excluding carboxylic acids is 1. The number of methoxy groups -OCH3 is 1. The molecule has 1 aliphatic rings. The minimum Gasteiger partial charge on any atom is -0.495 e. The molecule has 1 fully saturated rings. The van der Waals surface area contributed by atoms with Crippen molar-refractivity contribution < 1.29 is 13.9 Å². The molecule has 0 unspecified atom stereocenters. The minimum atomic E-state index is -0.606. The van der Waals surface area contributed by atoms with Crippen LogP contribution in [0.1, 0.15) is 10.4 Å². The van der Waals surface area contributed by atoms with Crippen LogP contribution in [0, 0.1) is 5.82 Å². The van der Waals surface area contributed by atoms with Crippen molar-refractivity contribution in [1.82, 2.24) is 10.2 Å². The molecule has 1 N–H and O–H groups in total. The van der Waals surface area contributed by atoms with Crippen LogP contribution in [-0.2, 0) is 0 Å². The Hall–Kier alpha value is -2.31. The second-order valence-electron chi connectivity index (χ2n) is 6.35. The number of anilines is 1. The normalized spacial score (nSPS) is 14.9. The van der Waals surface area contributed by atoms with Crippen LogP contribution in [0.2, 0.25) is 5.02 Å². The number of piperazine rings is 1. The highest BCUT2D eigenvalue weighted by Crippen LogP contribution is 2.28. The van der Waals surface area contributed by atoms with Gasteiger partial charge in [-0.1, -0.05) is 29.8 Å². The Balaban J connectivity index is 1.47. The molecule has 0 saturated carbocycles. The minimum absolute atomic E-state index is 0.0971. The van der Waals surface area contributed by atoms with Crippen molar-refractivity contribution in [2.24, 2.45) is 0 Å². The summed E-state index contributed by atoms with van der Waals surface area (Å²) < 4.78 is 19.2. The van der Waals surface area contributed by atoms with E-state index in [1.54, 1.807) is 7.11 Å². The second-order valence-corrected chi connectivity index (χ2v) is 6.76. The van der Waals surface area contributed by atoms with Crippen molar-refractivity contribution in [2.45, 2.75) is 0 Å². The Labute approximate surface area is 163 Å². The van der Waals surface area contributed by atoms with Crippen LogP contribution in [0.25, 0.3) is 0 Å². The largest absolute Gasteiger partial charge is 0.495 e. The Morgan fingerprint density at radius 2 is 1.89 bits per heavy atom. The lowest BCUT2D eigenvalue weighted by molar-refractivity contribution is 0.0944. The zero-order valence-electron chi connectivity index (χ0n) is 15.3. The number of nitrogens with one attached hydrogen (secondary N) is 1. The summed E-state index contributed by atoms with van der Waals surface area (Å²) in [7, 11) is 1.68. The number of nitrogens with zero attached hydrogens (tertiary/aromatic N) is 2. The highest BCUT2D eigenvalue weighted by atomic mass is 35.5. The van der Waals surface area contributed by atoms with Crippen LogP contribution < -0.4 is 15.0 Å². The van der Waals surface area contributed by atoms with Gasteiger partial charge in [0, 0.05) is 39.3 Å².